The highest BCUT2D eigenvalue weighted by Crippen LogP contribution is 2.33. The van der Waals surface area contributed by atoms with Gasteiger partial charge >= 0.3 is 0 Å². The number of rotatable bonds is 2. The predicted octanol–water partition coefficient (Wildman–Crippen LogP) is 2.55. The normalized spacial score (nSPS) is 27.5. The summed E-state index contributed by atoms with van der Waals surface area (Å²) in [5.74, 6) is 1.10. The average Bonchev–Trinajstić information content (AvgIpc) is 3.18. The van der Waals surface area contributed by atoms with Crippen LogP contribution in [-0.2, 0) is 0 Å². The van der Waals surface area contributed by atoms with Crippen LogP contribution in [-0.4, -0.2) is 30.2 Å². The van der Waals surface area contributed by atoms with E-state index in [0.29, 0.717) is 12.1 Å². The lowest BCUT2D eigenvalue weighted by atomic mass is 10.0. The molecular formula is C15H19N3O. The summed E-state index contributed by atoms with van der Waals surface area (Å²) in [4.78, 5) is 7.11. The minimum absolute atomic E-state index is 0.593. The fourth-order valence-corrected chi connectivity index (χ4v) is 3.62. The molecule has 2 fully saturated rings. The molecule has 0 amide bonds. The fraction of sp³-hybridized carbons (Fsp3) is 0.533. The van der Waals surface area contributed by atoms with Crippen LogP contribution >= 0.6 is 0 Å². The molecule has 0 radical (unpaired) electrons. The molecule has 2 atom stereocenters. The van der Waals surface area contributed by atoms with E-state index in [1.807, 2.05) is 18.3 Å². The molecule has 4 heterocycles. The van der Waals surface area contributed by atoms with E-state index in [9.17, 15) is 0 Å². The molecule has 0 saturated carbocycles. The lowest BCUT2D eigenvalue weighted by Crippen LogP contribution is -2.44. The van der Waals surface area contributed by atoms with Gasteiger partial charge in [-0.05, 0) is 44.4 Å². The maximum atomic E-state index is 5.50. The first-order valence-corrected chi connectivity index (χ1v) is 7.26. The van der Waals surface area contributed by atoms with Crippen molar-refractivity contribution < 1.29 is 4.42 Å². The summed E-state index contributed by atoms with van der Waals surface area (Å²) < 4.78 is 5.50. The van der Waals surface area contributed by atoms with Gasteiger partial charge in [0.2, 0.25) is 0 Å². The molecule has 19 heavy (non-hydrogen) atoms. The molecule has 2 aliphatic heterocycles. The van der Waals surface area contributed by atoms with Crippen molar-refractivity contribution in [1.82, 2.24) is 10.3 Å². The molecule has 0 bridgehead atoms. The Labute approximate surface area is 112 Å². The predicted molar refractivity (Wildman–Crippen MR) is 75.4 cm³/mol. The highest BCUT2D eigenvalue weighted by Gasteiger charge is 2.34. The van der Waals surface area contributed by atoms with Gasteiger partial charge in [-0.1, -0.05) is 0 Å². The molecule has 1 N–H and O–H groups in total. The first kappa shape index (κ1) is 11.3. The van der Waals surface area contributed by atoms with E-state index in [-0.39, 0.29) is 0 Å². The Kier molecular flexibility index (Phi) is 2.69. The molecule has 100 valence electrons. The van der Waals surface area contributed by atoms with E-state index in [1.165, 1.54) is 32.2 Å². The molecule has 0 spiro atoms. The minimum atomic E-state index is 0.593. The molecule has 0 aromatic carbocycles. The van der Waals surface area contributed by atoms with Crippen LogP contribution in [0.5, 0.6) is 0 Å². The van der Waals surface area contributed by atoms with Crippen molar-refractivity contribution in [2.24, 2.45) is 0 Å². The smallest absolute Gasteiger partial charge is 0.140 e. The monoisotopic (exact) mass is 257 g/mol. The molecule has 0 aliphatic carbocycles. The van der Waals surface area contributed by atoms with Crippen molar-refractivity contribution in [3.8, 4) is 0 Å². The lowest BCUT2D eigenvalue weighted by molar-refractivity contribution is 0.481. The van der Waals surface area contributed by atoms with Crippen molar-refractivity contribution in [3.63, 3.8) is 0 Å². The van der Waals surface area contributed by atoms with Crippen LogP contribution in [0.4, 0.5) is 5.82 Å². The third-order valence-corrected chi connectivity index (χ3v) is 4.49. The standard InChI is InChI=1S/C15H19N3O/c1-3-12(16-7-1)13-4-2-9-18(13)15-11-6-10-19-14(11)5-8-17-15/h5-6,8,10,12-13,16H,1-4,7,9H2. The number of nitrogens with one attached hydrogen (secondary N) is 1. The minimum Gasteiger partial charge on any atom is -0.464 e. The second kappa shape index (κ2) is 4.53. The summed E-state index contributed by atoms with van der Waals surface area (Å²) in [5.41, 5.74) is 0.940. The molecule has 2 aromatic rings. The fourth-order valence-electron chi connectivity index (χ4n) is 3.62. The van der Waals surface area contributed by atoms with Gasteiger partial charge in [0, 0.05) is 24.8 Å². The van der Waals surface area contributed by atoms with Gasteiger partial charge in [0.15, 0.2) is 0 Å². The maximum Gasteiger partial charge on any atom is 0.140 e. The zero-order valence-electron chi connectivity index (χ0n) is 11.0. The molecule has 4 nitrogen and oxygen atoms in total. The first-order valence-electron chi connectivity index (χ1n) is 7.26. The number of hydrogen-bond acceptors (Lipinski definition) is 4. The first-order chi connectivity index (χ1) is 9.43. The van der Waals surface area contributed by atoms with E-state index in [4.69, 9.17) is 4.42 Å². The summed E-state index contributed by atoms with van der Waals surface area (Å²) in [6, 6.07) is 5.20. The van der Waals surface area contributed by atoms with Gasteiger partial charge in [0.05, 0.1) is 11.6 Å². The van der Waals surface area contributed by atoms with Crippen molar-refractivity contribution in [2.75, 3.05) is 18.0 Å². The summed E-state index contributed by atoms with van der Waals surface area (Å²) in [6.45, 7) is 2.28. The van der Waals surface area contributed by atoms with Gasteiger partial charge < -0.3 is 14.6 Å². The van der Waals surface area contributed by atoms with Crippen molar-refractivity contribution >= 4 is 16.8 Å². The highest BCUT2D eigenvalue weighted by atomic mass is 16.3. The van der Waals surface area contributed by atoms with Gasteiger partial charge in [-0.25, -0.2) is 4.98 Å². The van der Waals surface area contributed by atoms with Gasteiger partial charge in [0.25, 0.3) is 0 Å². The number of pyridine rings is 1. The third kappa shape index (κ3) is 1.82. The number of hydrogen-bond donors (Lipinski definition) is 1. The Morgan fingerprint density at radius 2 is 2.26 bits per heavy atom. The van der Waals surface area contributed by atoms with Crippen molar-refractivity contribution in [3.05, 3.63) is 24.6 Å². The van der Waals surface area contributed by atoms with Crippen molar-refractivity contribution in [1.29, 1.82) is 0 Å². The highest BCUT2D eigenvalue weighted by molar-refractivity contribution is 5.88. The van der Waals surface area contributed by atoms with E-state index in [0.717, 1.165) is 23.3 Å². The summed E-state index contributed by atoms with van der Waals surface area (Å²) in [7, 11) is 0. The number of furan rings is 1. The van der Waals surface area contributed by atoms with Crippen LogP contribution in [0, 0.1) is 0 Å². The van der Waals surface area contributed by atoms with Gasteiger partial charge in [-0.15, -0.1) is 0 Å². The summed E-state index contributed by atoms with van der Waals surface area (Å²) in [6.07, 6.45) is 8.75. The van der Waals surface area contributed by atoms with E-state index in [1.54, 1.807) is 6.26 Å². The number of nitrogens with zero attached hydrogens (tertiary/aromatic N) is 2. The maximum absolute atomic E-state index is 5.50. The van der Waals surface area contributed by atoms with Gasteiger partial charge in [0.1, 0.15) is 11.4 Å². The van der Waals surface area contributed by atoms with Crippen LogP contribution < -0.4 is 10.2 Å². The SMILES string of the molecule is c1cc2occc2c(N2CCCC2C2CCCN2)n1. The number of aromatic nitrogens is 1. The van der Waals surface area contributed by atoms with Crippen LogP contribution in [0.15, 0.2) is 29.0 Å². The molecule has 2 aromatic heterocycles. The molecular weight excluding hydrogens is 238 g/mol. The molecule has 2 unspecified atom stereocenters. The summed E-state index contributed by atoms with van der Waals surface area (Å²) >= 11 is 0. The topological polar surface area (TPSA) is 41.3 Å². The quantitative estimate of drug-likeness (QED) is 0.897. The van der Waals surface area contributed by atoms with E-state index >= 15 is 0 Å². The lowest BCUT2D eigenvalue weighted by Gasteiger charge is -2.30. The second-order valence-corrected chi connectivity index (χ2v) is 5.57. The molecule has 4 heteroatoms. The zero-order chi connectivity index (χ0) is 12.7. The Morgan fingerprint density at radius 1 is 1.26 bits per heavy atom. The van der Waals surface area contributed by atoms with Crippen LogP contribution in [0.2, 0.25) is 0 Å². The Morgan fingerprint density at radius 3 is 3.16 bits per heavy atom. The Hall–Kier alpha value is -1.55. The average molecular weight is 257 g/mol. The summed E-state index contributed by atoms with van der Waals surface area (Å²) in [5, 5.41) is 4.79. The largest absolute Gasteiger partial charge is 0.464 e. The van der Waals surface area contributed by atoms with Gasteiger partial charge in [-0.3, -0.25) is 0 Å². The molecule has 2 saturated heterocycles. The van der Waals surface area contributed by atoms with E-state index in [2.05, 4.69) is 15.2 Å². The Balaban J connectivity index is 1.72. The van der Waals surface area contributed by atoms with Gasteiger partial charge in [-0.2, -0.15) is 0 Å². The molecule has 4 rings (SSSR count). The van der Waals surface area contributed by atoms with E-state index < -0.39 is 0 Å². The van der Waals surface area contributed by atoms with Crippen LogP contribution in [0.3, 0.4) is 0 Å². The second-order valence-electron chi connectivity index (χ2n) is 5.57. The third-order valence-electron chi connectivity index (χ3n) is 4.49. The Bertz CT molecular complexity index is 574. The van der Waals surface area contributed by atoms with Crippen molar-refractivity contribution in [2.45, 2.75) is 37.8 Å². The number of anilines is 1. The number of fused-ring (bicyclic) bond motifs is 1. The molecule has 2 aliphatic rings. The van der Waals surface area contributed by atoms with Crippen LogP contribution in [0.25, 0.3) is 11.0 Å². The zero-order valence-corrected chi connectivity index (χ0v) is 11.0. The van der Waals surface area contributed by atoms with Crippen LogP contribution in [0.1, 0.15) is 25.7 Å².